The first-order valence-corrected chi connectivity index (χ1v) is 10.8. The van der Waals surface area contributed by atoms with Crippen LogP contribution in [0.4, 0.5) is 0 Å². The normalized spacial score (nSPS) is 15.3. The third-order valence-corrected chi connectivity index (χ3v) is 6.14. The van der Waals surface area contributed by atoms with Crippen LogP contribution >= 0.6 is 11.3 Å². The summed E-state index contributed by atoms with van der Waals surface area (Å²) in [5, 5.41) is 6.06. The maximum Gasteiger partial charge on any atom is 0.258 e. The van der Waals surface area contributed by atoms with Crippen LogP contribution in [0, 0.1) is 6.92 Å². The molecule has 0 saturated heterocycles. The van der Waals surface area contributed by atoms with Gasteiger partial charge < -0.3 is 10.1 Å². The number of carbonyl (C=O) groups excluding carboxylic acids is 1. The van der Waals surface area contributed by atoms with Crippen molar-refractivity contribution in [3.05, 3.63) is 41.5 Å². The molecule has 1 aliphatic rings. The van der Waals surface area contributed by atoms with E-state index in [9.17, 15) is 4.79 Å². The highest BCUT2D eigenvalue weighted by Gasteiger charge is 2.17. The summed E-state index contributed by atoms with van der Waals surface area (Å²) in [6.07, 6.45) is 8.53. The number of nitrogens with zero attached hydrogens (tertiary/aromatic N) is 2. The van der Waals surface area contributed by atoms with E-state index in [1.165, 1.54) is 37.6 Å². The van der Waals surface area contributed by atoms with E-state index in [0.29, 0.717) is 5.88 Å². The van der Waals surface area contributed by atoms with Crippen LogP contribution < -0.4 is 10.1 Å². The number of hydrogen-bond donors (Lipinski definition) is 1. The van der Waals surface area contributed by atoms with Crippen molar-refractivity contribution in [3.8, 4) is 17.0 Å². The van der Waals surface area contributed by atoms with E-state index < -0.39 is 0 Å². The molecule has 1 saturated carbocycles. The standard InChI is InChI=1S/C22H25N3O2S/c1-15-8-10-16(11-9-15)18-13-28-22-20(18)21(23-14-24-22)27-12-19(26)25-17-6-4-2-3-5-7-17/h8-11,13-14,17H,2-7,12H2,1H3,(H,25,26). The van der Waals surface area contributed by atoms with Crippen LogP contribution in [0.15, 0.2) is 36.0 Å². The summed E-state index contributed by atoms with van der Waals surface area (Å²) in [7, 11) is 0. The van der Waals surface area contributed by atoms with Gasteiger partial charge in [-0.15, -0.1) is 11.3 Å². The number of benzene rings is 1. The number of thiophene rings is 1. The fourth-order valence-electron chi connectivity index (χ4n) is 3.73. The minimum absolute atomic E-state index is 0.0220. The molecule has 146 valence electrons. The number of ether oxygens (including phenoxy) is 1. The van der Waals surface area contributed by atoms with Crippen LogP contribution in [-0.4, -0.2) is 28.5 Å². The number of amides is 1. The van der Waals surface area contributed by atoms with Gasteiger partial charge in [-0.3, -0.25) is 4.79 Å². The molecule has 6 heteroatoms. The quantitative estimate of drug-likeness (QED) is 0.625. The van der Waals surface area contributed by atoms with Gasteiger partial charge in [0.25, 0.3) is 5.91 Å². The lowest BCUT2D eigenvalue weighted by Gasteiger charge is -2.16. The van der Waals surface area contributed by atoms with Crippen molar-refractivity contribution < 1.29 is 9.53 Å². The van der Waals surface area contributed by atoms with Gasteiger partial charge in [0.1, 0.15) is 11.2 Å². The van der Waals surface area contributed by atoms with Crippen LogP contribution in [0.2, 0.25) is 0 Å². The van der Waals surface area contributed by atoms with Crippen molar-refractivity contribution in [2.75, 3.05) is 6.61 Å². The number of rotatable bonds is 5. The Morgan fingerprint density at radius 3 is 2.64 bits per heavy atom. The molecule has 0 atom stereocenters. The first kappa shape index (κ1) is 18.9. The Bertz CT molecular complexity index is 944. The van der Waals surface area contributed by atoms with Gasteiger partial charge in [0, 0.05) is 17.0 Å². The molecule has 1 aromatic carbocycles. The fraction of sp³-hybridized carbons (Fsp3) is 0.409. The molecule has 3 aromatic rings. The van der Waals surface area contributed by atoms with Gasteiger partial charge in [0.05, 0.1) is 5.39 Å². The fourth-order valence-corrected chi connectivity index (χ4v) is 4.64. The molecule has 5 nitrogen and oxygen atoms in total. The van der Waals surface area contributed by atoms with E-state index in [1.807, 2.05) is 0 Å². The Kier molecular flexibility index (Phi) is 5.86. The zero-order valence-corrected chi connectivity index (χ0v) is 16.9. The number of aromatic nitrogens is 2. The maximum absolute atomic E-state index is 12.4. The summed E-state index contributed by atoms with van der Waals surface area (Å²) in [5.74, 6) is 0.392. The van der Waals surface area contributed by atoms with Crippen LogP contribution in [0.1, 0.15) is 44.1 Å². The van der Waals surface area contributed by atoms with Gasteiger partial charge in [0.15, 0.2) is 6.61 Å². The maximum atomic E-state index is 12.4. The van der Waals surface area contributed by atoms with Crippen LogP contribution in [0.5, 0.6) is 5.88 Å². The van der Waals surface area contributed by atoms with E-state index in [-0.39, 0.29) is 18.6 Å². The molecule has 2 aromatic heterocycles. The van der Waals surface area contributed by atoms with Crippen molar-refractivity contribution in [1.29, 1.82) is 0 Å². The lowest BCUT2D eigenvalue weighted by atomic mass is 10.0. The van der Waals surface area contributed by atoms with E-state index >= 15 is 0 Å². The lowest BCUT2D eigenvalue weighted by molar-refractivity contribution is -0.123. The molecule has 0 radical (unpaired) electrons. The summed E-state index contributed by atoms with van der Waals surface area (Å²) < 4.78 is 5.84. The topological polar surface area (TPSA) is 64.1 Å². The smallest absolute Gasteiger partial charge is 0.258 e. The van der Waals surface area contributed by atoms with Crippen molar-refractivity contribution in [2.24, 2.45) is 0 Å². The van der Waals surface area contributed by atoms with Crippen molar-refractivity contribution in [3.63, 3.8) is 0 Å². The van der Waals surface area contributed by atoms with Gasteiger partial charge >= 0.3 is 0 Å². The molecular weight excluding hydrogens is 370 g/mol. The summed E-state index contributed by atoms with van der Waals surface area (Å²) >= 11 is 1.56. The number of fused-ring (bicyclic) bond motifs is 1. The van der Waals surface area contributed by atoms with Crippen molar-refractivity contribution in [1.82, 2.24) is 15.3 Å². The molecule has 1 N–H and O–H groups in total. The number of carbonyl (C=O) groups is 1. The van der Waals surface area contributed by atoms with Crippen molar-refractivity contribution in [2.45, 2.75) is 51.5 Å². The monoisotopic (exact) mass is 395 g/mol. The third-order valence-electron chi connectivity index (χ3n) is 5.26. The number of nitrogens with one attached hydrogen (secondary N) is 1. The molecule has 1 fully saturated rings. The van der Waals surface area contributed by atoms with Crippen LogP contribution in [-0.2, 0) is 4.79 Å². The second-order valence-electron chi connectivity index (χ2n) is 7.42. The number of aryl methyl sites for hydroxylation is 1. The first-order chi connectivity index (χ1) is 13.7. The lowest BCUT2D eigenvalue weighted by Crippen LogP contribution is -2.37. The Morgan fingerprint density at radius 1 is 1.14 bits per heavy atom. The third kappa shape index (κ3) is 4.33. The molecule has 0 spiro atoms. The minimum Gasteiger partial charge on any atom is -0.467 e. The van der Waals surface area contributed by atoms with Gasteiger partial charge in [-0.2, -0.15) is 0 Å². The average molecular weight is 396 g/mol. The van der Waals surface area contributed by atoms with Gasteiger partial charge in [-0.1, -0.05) is 55.5 Å². The van der Waals surface area contributed by atoms with Gasteiger partial charge in [0.2, 0.25) is 5.88 Å². The predicted molar refractivity (Wildman–Crippen MR) is 113 cm³/mol. The Hall–Kier alpha value is -2.47. The van der Waals surface area contributed by atoms with E-state index in [1.54, 1.807) is 11.3 Å². The Balaban J connectivity index is 1.50. The SMILES string of the molecule is Cc1ccc(-c2csc3ncnc(OCC(=O)NC4CCCCCC4)c23)cc1. The first-order valence-electron chi connectivity index (χ1n) is 9.92. The van der Waals surface area contributed by atoms with E-state index in [0.717, 1.165) is 34.2 Å². The predicted octanol–water partition coefficient (Wildman–Crippen LogP) is 4.88. The molecule has 1 aliphatic carbocycles. The Morgan fingerprint density at radius 2 is 1.89 bits per heavy atom. The summed E-state index contributed by atoms with van der Waals surface area (Å²) in [6, 6.07) is 8.62. The second kappa shape index (κ2) is 8.69. The summed E-state index contributed by atoms with van der Waals surface area (Å²) in [6.45, 7) is 2.05. The zero-order chi connectivity index (χ0) is 19.3. The Labute approximate surface area is 169 Å². The van der Waals surface area contributed by atoms with Crippen molar-refractivity contribution >= 4 is 27.5 Å². The molecular formula is C22H25N3O2S. The highest BCUT2D eigenvalue weighted by atomic mass is 32.1. The molecule has 0 bridgehead atoms. The minimum atomic E-state index is -0.0780. The molecule has 0 unspecified atom stereocenters. The van der Waals surface area contributed by atoms with Gasteiger partial charge in [-0.05, 0) is 25.3 Å². The molecule has 1 amide bonds. The van der Waals surface area contributed by atoms with Gasteiger partial charge in [-0.25, -0.2) is 9.97 Å². The highest BCUT2D eigenvalue weighted by molar-refractivity contribution is 7.17. The average Bonchev–Trinajstić information content (AvgIpc) is 2.98. The second-order valence-corrected chi connectivity index (χ2v) is 8.28. The number of hydrogen-bond acceptors (Lipinski definition) is 5. The largest absolute Gasteiger partial charge is 0.467 e. The molecule has 28 heavy (non-hydrogen) atoms. The molecule has 2 heterocycles. The summed E-state index contributed by atoms with van der Waals surface area (Å²) in [5.41, 5.74) is 3.35. The molecule has 4 rings (SSSR count). The summed E-state index contributed by atoms with van der Waals surface area (Å²) in [4.78, 5) is 21.9. The van der Waals surface area contributed by atoms with E-state index in [4.69, 9.17) is 4.74 Å². The molecule has 0 aliphatic heterocycles. The highest BCUT2D eigenvalue weighted by Crippen LogP contribution is 2.37. The zero-order valence-electron chi connectivity index (χ0n) is 16.1. The van der Waals surface area contributed by atoms with E-state index in [2.05, 4.69) is 51.9 Å². The van der Waals surface area contributed by atoms with Crippen LogP contribution in [0.3, 0.4) is 0 Å². The van der Waals surface area contributed by atoms with Crippen LogP contribution in [0.25, 0.3) is 21.3 Å².